The summed E-state index contributed by atoms with van der Waals surface area (Å²) in [5.74, 6) is 0.115. The number of carbonyl (C=O) groups excluding carboxylic acids is 1. The largest absolute Gasteiger partial charge is 0.508 e. The lowest BCUT2D eigenvalue weighted by Gasteiger charge is -2.19. The van der Waals surface area contributed by atoms with Crippen LogP contribution in [0, 0.1) is 6.92 Å². The molecule has 3 N–H and O–H groups in total. The molecular formula is C13H22N2O2. The summed E-state index contributed by atoms with van der Waals surface area (Å²) in [5.41, 5.74) is 5.98. The molecule has 0 unspecified atom stereocenters. The van der Waals surface area contributed by atoms with Gasteiger partial charge in [-0.2, -0.15) is 0 Å². The topological polar surface area (TPSA) is 66.6 Å². The van der Waals surface area contributed by atoms with Crippen molar-refractivity contribution in [3.63, 3.8) is 0 Å². The second kappa shape index (κ2) is 7.68. The molecule has 0 saturated carbocycles. The maximum absolute atomic E-state index is 12.0. The van der Waals surface area contributed by atoms with Gasteiger partial charge in [0.2, 0.25) is 0 Å². The quantitative estimate of drug-likeness (QED) is 0.843. The van der Waals surface area contributed by atoms with Crippen molar-refractivity contribution in [3.05, 3.63) is 29.3 Å². The number of nitrogens with two attached hydrogens (primary N) is 1. The Hall–Kier alpha value is -1.55. The maximum atomic E-state index is 12.0. The summed E-state index contributed by atoms with van der Waals surface area (Å²) in [7, 11) is 1.50. The molecule has 0 saturated heterocycles. The average molecular weight is 238 g/mol. The number of benzene rings is 1. The zero-order valence-corrected chi connectivity index (χ0v) is 11.0. The molecule has 1 rings (SSSR count). The van der Waals surface area contributed by atoms with Gasteiger partial charge in [0.05, 0.1) is 0 Å². The predicted octanol–water partition coefficient (Wildman–Crippen LogP) is 1.76. The van der Waals surface area contributed by atoms with Gasteiger partial charge in [-0.05, 0) is 45.5 Å². The van der Waals surface area contributed by atoms with Crippen LogP contribution in [0.15, 0.2) is 18.2 Å². The molecule has 0 aromatic heterocycles. The van der Waals surface area contributed by atoms with E-state index in [0.717, 1.165) is 5.56 Å². The van der Waals surface area contributed by atoms with Crippen LogP contribution in [0.2, 0.25) is 0 Å². The first-order valence-corrected chi connectivity index (χ1v) is 5.76. The molecule has 0 radical (unpaired) electrons. The molecule has 0 heterocycles. The fourth-order valence-electron chi connectivity index (χ4n) is 1.52. The molecule has 0 aliphatic carbocycles. The third-order valence-electron chi connectivity index (χ3n) is 2.50. The molecular weight excluding hydrogens is 216 g/mol. The van der Waals surface area contributed by atoms with Gasteiger partial charge < -0.3 is 15.7 Å². The van der Waals surface area contributed by atoms with Crippen molar-refractivity contribution >= 4 is 5.91 Å². The van der Waals surface area contributed by atoms with E-state index in [0.29, 0.717) is 18.7 Å². The number of phenolic OH excluding ortho intramolecular Hbond substituents is 1. The van der Waals surface area contributed by atoms with Crippen LogP contribution in [0.25, 0.3) is 0 Å². The molecule has 17 heavy (non-hydrogen) atoms. The summed E-state index contributed by atoms with van der Waals surface area (Å²) in [4.78, 5) is 13.7. The first-order chi connectivity index (χ1) is 8.10. The number of hydrogen-bond donors (Lipinski definition) is 2. The Morgan fingerprint density at radius 2 is 1.82 bits per heavy atom. The average Bonchev–Trinajstić information content (AvgIpc) is 2.36. The lowest BCUT2D eigenvalue weighted by Crippen LogP contribution is -2.30. The van der Waals surface area contributed by atoms with Gasteiger partial charge in [0.1, 0.15) is 5.75 Å². The molecule has 1 aromatic rings. The third kappa shape index (κ3) is 4.07. The van der Waals surface area contributed by atoms with E-state index in [1.165, 1.54) is 13.1 Å². The summed E-state index contributed by atoms with van der Waals surface area (Å²) in [6, 6.07) is 4.87. The van der Waals surface area contributed by atoms with Gasteiger partial charge in [-0.25, -0.2) is 0 Å². The summed E-state index contributed by atoms with van der Waals surface area (Å²) in [6.07, 6.45) is 0. The Kier molecular flexibility index (Phi) is 6.98. The first-order valence-electron chi connectivity index (χ1n) is 5.76. The number of amides is 1. The molecule has 0 aliphatic rings. The Bertz CT molecular complexity index is 360. The summed E-state index contributed by atoms with van der Waals surface area (Å²) < 4.78 is 0. The molecule has 0 bridgehead atoms. The lowest BCUT2D eigenvalue weighted by molar-refractivity contribution is 0.0772. The molecule has 4 nitrogen and oxygen atoms in total. The number of aromatic hydroxyl groups is 1. The Balaban J connectivity index is 0.00000121. The van der Waals surface area contributed by atoms with Gasteiger partial charge in [0, 0.05) is 18.7 Å². The fraction of sp³-hybridized carbons (Fsp3) is 0.462. The Labute approximate surface area is 103 Å². The molecule has 0 aliphatic heterocycles. The van der Waals surface area contributed by atoms with Crippen molar-refractivity contribution in [1.82, 2.24) is 4.90 Å². The fourth-order valence-corrected chi connectivity index (χ4v) is 1.52. The van der Waals surface area contributed by atoms with E-state index in [4.69, 9.17) is 0 Å². The molecule has 1 aromatic carbocycles. The lowest BCUT2D eigenvalue weighted by atomic mass is 10.1. The monoisotopic (exact) mass is 238 g/mol. The highest BCUT2D eigenvalue weighted by Crippen LogP contribution is 2.17. The molecule has 96 valence electrons. The Morgan fingerprint density at radius 1 is 1.29 bits per heavy atom. The van der Waals surface area contributed by atoms with Crippen molar-refractivity contribution in [1.29, 1.82) is 0 Å². The zero-order valence-electron chi connectivity index (χ0n) is 11.0. The minimum Gasteiger partial charge on any atom is -0.508 e. The smallest absolute Gasteiger partial charge is 0.254 e. The van der Waals surface area contributed by atoms with Crippen molar-refractivity contribution in [2.75, 3.05) is 20.1 Å². The van der Waals surface area contributed by atoms with Crippen molar-refractivity contribution in [2.45, 2.75) is 20.8 Å². The summed E-state index contributed by atoms with van der Waals surface area (Å²) >= 11 is 0. The van der Waals surface area contributed by atoms with E-state index in [-0.39, 0.29) is 11.7 Å². The maximum Gasteiger partial charge on any atom is 0.254 e. The molecule has 4 heteroatoms. The van der Waals surface area contributed by atoms with Crippen LogP contribution < -0.4 is 5.73 Å². The van der Waals surface area contributed by atoms with E-state index in [2.05, 4.69) is 5.73 Å². The molecule has 0 fully saturated rings. The highest BCUT2D eigenvalue weighted by atomic mass is 16.3. The number of carbonyl (C=O) groups is 1. The van der Waals surface area contributed by atoms with E-state index >= 15 is 0 Å². The number of hydrogen-bond acceptors (Lipinski definition) is 3. The highest BCUT2D eigenvalue weighted by molar-refractivity contribution is 5.96. The molecule has 0 atom stereocenters. The van der Waals surface area contributed by atoms with Gasteiger partial charge in [-0.1, -0.05) is 6.07 Å². The van der Waals surface area contributed by atoms with Gasteiger partial charge in [-0.15, -0.1) is 0 Å². The minimum atomic E-state index is -0.0200. The van der Waals surface area contributed by atoms with Crippen molar-refractivity contribution in [3.8, 4) is 5.75 Å². The van der Waals surface area contributed by atoms with E-state index < -0.39 is 0 Å². The van der Waals surface area contributed by atoms with Gasteiger partial charge >= 0.3 is 0 Å². The van der Waals surface area contributed by atoms with E-state index in [1.54, 1.807) is 17.0 Å². The second-order valence-corrected chi connectivity index (χ2v) is 3.48. The van der Waals surface area contributed by atoms with Crippen LogP contribution in [0.1, 0.15) is 29.8 Å². The van der Waals surface area contributed by atoms with Gasteiger partial charge in [-0.3, -0.25) is 4.79 Å². The van der Waals surface area contributed by atoms with Crippen LogP contribution in [0.4, 0.5) is 0 Å². The number of rotatable bonds is 3. The number of phenols is 1. The Morgan fingerprint density at radius 3 is 2.29 bits per heavy atom. The van der Waals surface area contributed by atoms with E-state index in [9.17, 15) is 9.90 Å². The number of nitrogens with zero attached hydrogens (tertiary/aromatic N) is 1. The molecule has 1 amide bonds. The van der Waals surface area contributed by atoms with Crippen LogP contribution in [-0.4, -0.2) is 36.1 Å². The van der Waals surface area contributed by atoms with Crippen LogP contribution in [-0.2, 0) is 0 Å². The third-order valence-corrected chi connectivity index (χ3v) is 2.50. The second-order valence-electron chi connectivity index (χ2n) is 3.48. The predicted molar refractivity (Wildman–Crippen MR) is 70.2 cm³/mol. The van der Waals surface area contributed by atoms with Crippen molar-refractivity contribution in [2.24, 2.45) is 5.73 Å². The highest BCUT2D eigenvalue weighted by Gasteiger charge is 2.14. The summed E-state index contributed by atoms with van der Waals surface area (Å²) in [5, 5.41) is 9.34. The SMILES string of the molecule is CCN(CC)C(=O)c1cc(O)ccc1C.CN. The molecule has 0 spiro atoms. The standard InChI is InChI=1S/C12H17NO2.CH5N/c1-4-13(5-2)12(15)11-8-10(14)7-6-9(11)3;1-2/h6-8,14H,4-5H2,1-3H3;2H2,1H3. The van der Waals surface area contributed by atoms with Crippen LogP contribution >= 0.6 is 0 Å². The van der Waals surface area contributed by atoms with Gasteiger partial charge in [0.15, 0.2) is 0 Å². The summed E-state index contributed by atoms with van der Waals surface area (Å²) in [6.45, 7) is 7.13. The minimum absolute atomic E-state index is 0.0200. The van der Waals surface area contributed by atoms with E-state index in [1.807, 2.05) is 20.8 Å². The van der Waals surface area contributed by atoms with Gasteiger partial charge in [0.25, 0.3) is 5.91 Å². The van der Waals surface area contributed by atoms with Crippen LogP contribution in [0.3, 0.4) is 0 Å². The normalized spacial score (nSPS) is 9.24. The van der Waals surface area contributed by atoms with Crippen LogP contribution in [0.5, 0.6) is 5.75 Å². The first kappa shape index (κ1) is 15.4. The number of aryl methyl sites for hydroxylation is 1. The van der Waals surface area contributed by atoms with Crippen molar-refractivity contribution < 1.29 is 9.90 Å². The zero-order chi connectivity index (χ0) is 13.4.